The molecule has 208 valence electrons. The van der Waals surface area contributed by atoms with Crippen molar-refractivity contribution in [2.24, 2.45) is 4.99 Å². The number of aromatic nitrogens is 1. The van der Waals surface area contributed by atoms with Crippen LogP contribution in [0.5, 0.6) is 11.5 Å². The molecular formula is C32H27ClN2O5S. The second-order valence-corrected chi connectivity index (χ2v) is 11.1. The highest BCUT2D eigenvalue weighted by molar-refractivity contribution is 7.07. The Morgan fingerprint density at radius 2 is 1.88 bits per heavy atom. The lowest BCUT2D eigenvalue weighted by atomic mass is 9.83. The number of thiazole rings is 1. The predicted molar refractivity (Wildman–Crippen MR) is 159 cm³/mol. The molecular weight excluding hydrogens is 560 g/mol. The van der Waals surface area contributed by atoms with Gasteiger partial charge in [-0.1, -0.05) is 71.5 Å². The van der Waals surface area contributed by atoms with Crippen LogP contribution in [0.15, 0.2) is 82.1 Å². The number of nitrogens with zero attached hydrogens (tertiary/aromatic N) is 2. The molecule has 3 aromatic carbocycles. The van der Waals surface area contributed by atoms with Crippen LogP contribution in [0.3, 0.4) is 0 Å². The molecule has 0 saturated heterocycles. The SMILES string of the molecule is CCOc1cc(C=c2sc3n(c2=O)C(c2ccccc2Cl)C2=C(N=3)c3ccccc3CC2)ccc1OCC(=O)OC. The molecule has 0 spiro atoms. The van der Waals surface area contributed by atoms with Crippen molar-refractivity contribution in [1.29, 1.82) is 0 Å². The number of halogens is 1. The van der Waals surface area contributed by atoms with Crippen LogP contribution >= 0.6 is 22.9 Å². The first-order chi connectivity index (χ1) is 20.0. The van der Waals surface area contributed by atoms with Gasteiger partial charge in [-0.2, -0.15) is 0 Å². The number of rotatable bonds is 7. The first kappa shape index (κ1) is 27.1. The van der Waals surface area contributed by atoms with Crippen LogP contribution in [-0.2, 0) is 16.0 Å². The van der Waals surface area contributed by atoms with Gasteiger partial charge in [-0.3, -0.25) is 9.36 Å². The van der Waals surface area contributed by atoms with E-state index in [9.17, 15) is 9.59 Å². The molecule has 0 bridgehead atoms. The zero-order valence-electron chi connectivity index (χ0n) is 22.6. The van der Waals surface area contributed by atoms with E-state index in [-0.39, 0.29) is 18.2 Å². The maximum Gasteiger partial charge on any atom is 0.343 e. The van der Waals surface area contributed by atoms with E-state index in [4.69, 9.17) is 26.1 Å². The van der Waals surface area contributed by atoms with E-state index in [1.54, 1.807) is 16.7 Å². The van der Waals surface area contributed by atoms with Crippen molar-refractivity contribution in [2.75, 3.05) is 20.3 Å². The van der Waals surface area contributed by atoms with E-state index in [1.807, 2.05) is 49.4 Å². The average Bonchev–Trinajstić information content (AvgIpc) is 3.30. The summed E-state index contributed by atoms with van der Waals surface area (Å²) in [5, 5.41) is 0.614. The number of allylic oxidation sites excluding steroid dienone is 1. The van der Waals surface area contributed by atoms with Gasteiger partial charge < -0.3 is 14.2 Å². The molecule has 0 radical (unpaired) electrons. The van der Waals surface area contributed by atoms with Crippen molar-refractivity contribution in [3.05, 3.63) is 119 Å². The van der Waals surface area contributed by atoms with Gasteiger partial charge in [-0.05, 0) is 66.3 Å². The molecule has 9 heteroatoms. The van der Waals surface area contributed by atoms with Gasteiger partial charge in [-0.15, -0.1) is 0 Å². The Bertz CT molecular complexity index is 1870. The summed E-state index contributed by atoms with van der Waals surface area (Å²) in [5.41, 5.74) is 5.89. The molecule has 41 heavy (non-hydrogen) atoms. The van der Waals surface area contributed by atoms with Gasteiger partial charge in [0.2, 0.25) is 0 Å². The number of carbonyl (C=O) groups is 1. The van der Waals surface area contributed by atoms with E-state index in [2.05, 4.69) is 22.9 Å². The predicted octanol–water partition coefficient (Wildman–Crippen LogP) is 4.92. The molecule has 0 amide bonds. The molecule has 0 saturated carbocycles. The lowest BCUT2D eigenvalue weighted by Gasteiger charge is -2.31. The highest BCUT2D eigenvalue weighted by atomic mass is 35.5. The first-order valence-electron chi connectivity index (χ1n) is 13.3. The van der Waals surface area contributed by atoms with Crippen LogP contribution in [0, 0.1) is 0 Å². The van der Waals surface area contributed by atoms with Crippen molar-refractivity contribution < 1.29 is 19.0 Å². The molecule has 1 aliphatic carbocycles. The fourth-order valence-corrected chi connectivity index (χ4v) is 6.58. The van der Waals surface area contributed by atoms with Crippen molar-refractivity contribution in [3.8, 4) is 11.5 Å². The summed E-state index contributed by atoms with van der Waals surface area (Å²) in [6.07, 6.45) is 3.50. The number of aryl methyl sites for hydroxylation is 1. The van der Waals surface area contributed by atoms with Gasteiger partial charge in [0, 0.05) is 10.6 Å². The standard InChI is InChI=1S/C32H27ClN2O5S/c1-3-39-26-16-19(12-15-25(26)40-18-28(36)38-2)17-27-31(37)35-30(22-10-6-7-11-24(22)33)23-14-13-20-8-4-5-9-21(20)29(23)34-32(35)41-27/h4-12,15-17,30H,3,13-14,18H2,1-2H3. The second kappa shape index (κ2) is 11.4. The van der Waals surface area contributed by atoms with E-state index >= 15 is 0 Å². The fraction of sp³-hybridized carbons (Fsp3) is 0.219. The van der Waals surface area contributed by atoms with Crippen LogP contribution in [0.4, 0.5) is 0 Å². The van der Waals surface area contributed by atoms with Crippen LogP contribution < -0.4 is 24.4 Å². The number of methoxy groups -OCH3 is 1. The normalized spacial score (nSPS) is 15.9. The molecule has 0 N–H and O–H groups in total. The Morgan fingerprint density at radius 1 is 1.07 bits per heavy atom. The third-order valence-corrected chi connectivity index (χ3v) is 8.54. The molecule has 0 fully saturated rings. The van der Waals surface area contributed by atoms with Crippen LogP contribution in [0.25, 0.3) is 11.8 Å². The highest BCUT2D eigenvalue weighted by Gasteiger charge is 2.33. The molecule has 6 rings (SSSR count). The minimum absolute atomic E-state index is 0.131. The maximum absolute atomic E-state index is 14.0. The van der Waals surface area contributed by atoms with Crippen molar-refractivity contribution in [3.63, 3.8) is 0 Å². The zero-order chi connectivity index (χ0) is 28.5. The summed E-state index contributed by atoms with van der Waals surface area (Å²) in [5.74, 6) is 0.399. The summed E-state index contributed by atoms with van der Waals surface area (Å²) in [7, 11) is 1.31. The maximum atomic E-state index is 14.0. The Labute approximate surface area is 245 Å². The third-order valence-electron chi connectivity index (χ3n) is 7.21. The van der Waals surface area contributed by atoms with E-state index in [1.165, 1.54) is 24.0 Å². The van der Waals surface area contributed by atoms with Crippen LogP contribution in [0.2, 0.25) is 5.02 Å². The number of hydrogen-bond acceptors (Lipinski definition) is 7. The quantitative estimate of drug-likeness (QED) is 0.287. The number of benzene rings is 3. The lowest BCUT2D eigenvalue weighted by Crippen LogP contribution is -2.38. The number of hydrogen-bond donors (Lipinski definition) is 0. The van der Waals surface area contributed by atoms with Crippen LogP contribution in [0.1, 0.15) is 41.6 Å². The van der Waals surface area contributed by atoms with Crippen LogP contribution in [-0.4, -0.2) is 30.9 Å². The Hall–Kier alpha value is -4.14. The monoisotopic (exact) mass is 586 g/mol. The zero-order valence-corrected chi connectivity index (χ0v) is 24.1. The second-order valence-electron chi connectivity index (χ2n) is 9.64. The minimum atomic E-state index is -0.490. The summed E-state index contributed by atoms with van der Waals surface area (Å²) >= 11 is 8.08. The molecule has 7 nitrogen and oxygen atoms in total. The fourth-order valence-electron chi connectivity index (χ4n) is 5.34. The molecule has 2 heterocycles. The smallest absolute Gasteiger partial charge is 0.343 e. The third kappa shape index (κ3) is 5.09. The topological polar surface area (TPSA) is 79.1 Å². The van der Waals surface area contributed by atoms with E-state index in [0.29, 0.717) is 32.5 Å². The summed E-state index contributed by atoms with van der Waals surface area (Å²) in [6, 6.07) is 21.0. The molecule has 1 aromatic heterocycles. The van der Waals surface area contributed by atoms with Gasteiger partial charge in [0.25, 0.3) is 5.56 Å². The minimum Gasteiger partial charge on any atom is -0.490 e. The summed E-state index contributed by atoms with van der Waals surface area (Å²) in [4.78, 5) is 31.3. The Morgan fingerprint density at radius 3 is 2.68 bits per heavy atom. The summed E-state index contributed by atoms with van der Waals surface area (Å²) < 4.78 is 18.3. The highest BCUT2D eigenvalue weighted by Crippen LogP contribution is 2.42. The van der Waals surface area contributed by atoms with Gasteiger partial charge in [0.05, 0.1) is 30.0 Å². The Kier molecular flexibility index (Phi) is 7.51. The first-order valence-corrected chi connectivity index (χ1v) is 14.5. The van der Waals surface area contributed by atoms with Crippen molar-refractivity contribution in [2.45, 2.75) is 25.8 Å². The average molecular weight is 587 g/mol. The van der Waals surface area contributed by atoms with E-state index in [0.717, 1.165) is 40.8 Å². The largest absolute Gasteiger partial charge is 0.490 e. The number of esters is 1. The number of carbonyl (C=O) groups excluding carboxylic acids is 1. The van der Waals surface area contributed by atoms with Crippen molar-refractivity contribution in [1.82, 2.24) is 4.57 Å². The number of ether oxygens (including phenoxy) is 3. The molecule has 1 unspecified atom stereocenters. The van der Waals surface area contributed by atoms with Gasteiger partial charge in [-0.25, -0.2) is 9.79 Å². The summed E-state index contributed by atoms with van der Waals surface area (Å²) in [6.45, 7) is 2.04. The lowest BCUT2D eigenvalue weighted by molar-refractivity contribution is -0.142. The molecule has 1 atom stereocenters. The number of fused-ring (bicyclic) bond motifs is 3. The van der Waals surface area contributed by atoms with Gasteiger partial charge >= 0.3 is 5.97 Å². The van der Waals surface area contributed by atoms with E-state index < -0.39 is 5.97 Å². The van der Waals surface area contributed by atoms with Gasteiger partial charge in [0.15, 0.2) is 22.9 Å². The Balaban J connectivity index is 1.49. The molecule has 4 aromatic rings. The van der Waals surface area contributed by atoms with Gasteiger partial charge in [0.1, 0.15) is 0 Å². The van der Waals surface area contributed by atoms with Crippen molar-refractivity contribution >= 4 is 40.7 Å². The molecule has 2 aliphatic rings. The molecule has 1 aliphatic heterocycles.